The van der Waals surface area contributed by atoms with Crippen LogP contribution in [-0.2, 0) is 4.79 Å². The van der Waals surface area contributed by atoms with E-state index in [0.29, 0.717) is 5.92 Å². The average molecular weight is 364 g/mol. The van der Waals surface area contributed by atoms with E-state index in [1.807, 2.05) is 0 Å². The number of carboxylic acid groups (broad SMARTS) is 1. The largest absolute Gasteiger partial charge is 1.00 e. The molecule has 1 aliphatic carbocycles. The van der Waals surface area contributed by atoms with Crippen LogP contribution in [0.25, 0.3) is 0 Å². The second-order valence-electron chi connectivity index (χ2n) is 4.31. The Labute approximate surface area is 136 Å². The molecule has 0 aromatic carbocycles. The van der Waals surface area contributed by atoms with Gasteiger partial charge in [-0.15, -0.1) is 0 Å². The van der Waals surface area contributed by atoms with Gasteiger partial charge in [-0.3, -0.25) is 0 Å². The molecule has 0 radical (unpaired) electrons. The number of unbranched alkanes of at least 4 members (excludes halogenated alkanes) is 3. The maximum absolute atomic E-state index is 10.5. The van der Waals surface area contributed by atoms with Crippen LogP contribution in [-0.4, -0.2) is 9.20 Å². The molecule has 1 aliphatic rings. The van der Waals surface area contributed by atoms with Gasteiger partial charge in [0.25, 0.3) is 0 Å². The Hall–Kier alpha value is 1.43. The van der Waals surface area contributed by atoms with E-state index in [0.717, 1.165) is 6.42 Å². The standard InChI is InChI=1S/C11H18Br2O2.Na/c1-2-3-4-5-6-8-9(7-10(14)15)11(8,12)13;/h8-9H,2-7H2,1H3,(H,14,15);/q;+1/p-1. The Balaban J connectivity index is 0.00000225. The molecule has 0 spiro atoms. The predicted octanol–water partition coefficient (Wildman–Crippen LogP) is -0.167. The number of hydrogen-bond donors (Lipinski definition) is 0. The summed E-state index contributed by atoms with van der Waals surface area (Å²) in [5, 5.41) is 10.5. The topological polar surface area (TPSA) is 40.1 Å². The molecular weight excluding hydrogens is 347 g/mol. The van der Waals surface area contributed by atoms with E-state index in [1.54, 1.807) is 0 Å². The van der Waals surface area contributed by atoms with Crippen LogP contribution in [0, 0.1) is 11.8 Å². The molecule has 5 heteroatoms. The van der Waals surface area contributed by atoms with Gasteiger partial charge < -0.3 is 9.90 Å². The first kappa shape index (κ1) is 17.4. The Morgan fingerprint density at radius 1 is 1.25 bits per heavy atom. The third kappa shape index (κ3) is 4.97. The average Bonchev–Trinajstić information content (AvgIpc) is 2.62. The van der Waals surface area contributed by atoms with Crippen molar-refractivity contribution >= 4 is 37.8 Å². The van der Waals surface area contributed by atoms with E-state index in [4.69, 9.17) is 0 Å². The molecule has 0 amide bonds. The molecule has 0 aliphatic heterocycles. The van der Waals surface area contributed by atoms with Crippen LogP contribution in [0.2, 0.25) is 0 Å². The normalized spacial score (nSPS) is 25.9. The van der Waals surface area contributed by atoms with Crippen LogP contribution in [0.1, 0.15) is 45.4 Å². The van der Waals surface area contributed by atoms with Crippen molar-refractivity contribution < 1.29 is 39.5 Å². The maximum Gasteiger partial charge on any atom is 1.00 e. The first-order valence-corrected chi connectivity index (χ1v) is 7.16. The van der Waals surface area contributed by atoms with E-state index in [-0.39, 0.29) is 45.1 Å². The van der Waals surface area contributed by atoms with Crippen molar-refractivity contribution in [3.8, 4) is 0 Å². The summed E-state index contributed by atoms with van der Waals surface area (Å²) >= 11 is 7.08. The fourth-order valence-electron chi connectivity index (χ4n) is 2.10. The Morgan fingerprint density at radius 2 is 1.88 bits per heavy atom. The Morgan fingerprint density at radius 3 is 2.38 bits per heavy atom. The number of carbonyl (C=O) groups excluding carboxylic acids is 1. The molecule has 0 N–H and O–H groups in total. The maximum atomic E-state index is 10.5. The molecule has 1 rings (SSSR count). The summed E-state index contributed by atoms with van der Waals surface area (Å²) in [7, 11) is 0. The van der Waals surface area contributed by atoms with Gasteiger partial charge >= 0.3 is 29.6 Å². The number of halogens is 2. The van der Waals surface area contributed by atoms with Crippen molar-refractivity contribution in [3.63, 3.8) is 0 Å². The van der Waals surface area contributed by atoms with Crippen LogP contribution >= 0.6 is 31.9 Å². The van der Waals surface area contributed by atoms with E-state index >= 15 is 0 Å². The van der Waals surface area contributed by atoms with Gasteiger partial charge in [-0.2, -0.15) is 0 Å². The van der Waals surface area contributed by atoms with Gasteiger partial charge in [0.2, 0.25) is 0 Å². The molecule has 1 saturated carbocycles. The predicted molar refractivity (Wildman–Crippen MR) is 65.9 cm³/mol. The fraction of sp³-hybridized carbons (Fsp3) is 0.909. The molecule has 0 saturated heterocycles. The van der Waals surface area contributed by atoms with Crippen molar-refractivity contribution in [2.45, 2.75) is 48.7 Å². The van der Waals surface area contributed by atoms with E-state index in [9.17, 15) is 9.90 Å². The number of carboxylic acids is 1. The molecule has 88 valence electrons. The van der Waals surface area contributed by atoms with Gasteiger partial charge in [0.05, 0.1) is 3.23 Å². The zero-order valence-electron chi connectivity index (χ0n) is 9.97. The van der Waals surface area contributed by atoms with Crippen molar-refractivity contribution in [2.24, 2.45) is 11.8 Å². The van der Waals surface area contributed by atoms with Gasteiger partial charge in [-0.25, -0.2) is 0 Å². The third-order valence-corrected chi connectivity index (χ3v) is 5.47. The summed E-state index contributed by atoms with van der Waals surface area (Å²) in [5.74, 6) is -0.296. The number of carbonyl (C=O) groups is 1. The summed E-state index contributed by atoms with van der Waals surface area (Å²) in [4.78, 5) is 10.5. The molecule has 0 aromatic rings. The molecule has 16 heavy (non-hydrogen) atoms. The fourth-order valence-corrected chi connectivity index (χ4v) is 3.90. The Bertz CT molecular complexity index is 234. The van der Waals surface area contributed by atoms with Gasteiger partial charge in [-0.1, -0.05) is 64.5 Å². The zero-order valence-corrected chi connectivity index (χ0v) is 15.1. The van der Waals surface area contributed by atoms with Crippen LogP contribution in [0.4, 0.5) is 0 Å². The van der Waals surface area contributed by atoms with Crippen LogP contribution < -0.4 is 34.7 Å². The SMILES string of the molecule is CCCCCCC1C(CC(=O)[O-])C1(Br)Br.[Na+]. The molecule has 0 bridgehead atoms. The van der Waals surface area contributed by atoms with Crippen LogP contribution in [0.5, 0.6) is 0 Å². The van der Waals surface area contributed by atoms with Crippen molar-refractivity contribution in [2.75, 3.05) is 0 Å². The molecule has 1 fully saturated rings. The minimum Gasteiger partial charge on any atom is -0.550 e. The summed E-state index contributed by atoms with van der Waals surface area (Å²) in [6.07, 6.45) is 6.22. The first-order valence-electron chi connectivity index (χ1n) is 5.57. The number of hydrogen-bond acceptors (Lipinski definition) is 2. The van der Waals surface area contributed by atoms with Gasteiger partial charge in [-0.05, 0) is 24.7 Å². The van der Waals surface area contributed by atoms with Crippen molar-refractivity contribution in [3.05, 3.63) is 0 Å². The van der Waals surface area contributed by atoms with Crippen LogP contribution in [0.3, 0.4) is 0 Å². The van der Waals surface area contributed by atoms with E-state index < -0.39 is 5.97 Å². The molecule has 2 unspecified atom stereocenters. The quantitative estimate of drug-likeness (QED) is 0.358. The molecule has 0 heterocycles. The molecule has 2 nitrogen and oxygen atoms in total. The monoisotopic (exact) mass is 362 g/mol. The summed E-state index contributed by atoms with van der Waals surface area (Å²) in [6.45, 7) is 2.19. The van der Waals surface area contributed by atoms with Crippen LogP contribution in [0.15, 0.2) is 0 Å². The van der Waals surface area contributed by atoms with E-state index in [1.165, 1.54) is 25.7 Å². The van der Waals surface area contributed by atoms with Gasteiger partial charge in [0, 0.05) is 5.97 Å². The summed E-state index contributed by atoms with van der Waals surface area (Å²) in [5.41, 5.74) is 0. The molecular formula is C11H17Br2NaO2. The van der Waals surface area contributed by atoms with Crippen molar-refractivity contribution in [1.29, 1.82) is 0 Å². The molecule has 0 aromatic heterocycles. The van der Waals surface area contributed by atoms with E-state index in [2.05, 4.69) is 38.8 Å². The zero-order chi connectivity index (χ0) is 11.5. The second-order valence-corrected chi connectivity index (χ2v) is 8.00. The second kappa shape index (κ2) is 7.78. The number of rotatable bonds is 7. The number of alkyl halides is 2. The van der Waals surface area contributed by atoms with Gasteiger partial charge in [0.15, 0.2) is 0 Å². The first-order chi connectivity index (χ1) is 7.00. The smallest absolute Gasteiger partial charge is 0.550 e. The Kier molecular flexibility index (Phi) is 8.47. The van der Waals surface area contributed by atoms with Crippen molar-refractivity contribution in [1.82, 2.24) is 0 Å². The summed E-state index contributed by atoms with van der Waals surface area (Å²) < 4.78 is -0.133. The molecule has 2 atom stereocenters. The minimum absolute atomic E-state index is 0. The minimum atomic E-state index is -0.945. The number of aliphatic carboxylic acids is 1. The summed E-state index contributed by atoms with van der Waals surface area (Å²) in [6, 6.07) is 0. The third-order valence-electron chi connectivity index (χ3n) is 3.12. The van der Waals surface area contributed by atoms with Gasteiger partial charge in [0.1, 0.15) is 0 Å².